The number of ether oxygens (including phenoxy) is 1. The quantitative estimate of drug-likeness (QED) is 0.803. The first-order chi connectivity index (χ1) is 7.79. The Hall–Kier alpha value is -0.770. The van der Waals surface area contributed by atoms with Gasteiger partial charge in [-0.2, -0.15) is 0 Å². The lowest BCUT2D eigenvalue weighted by Crippen LogP contribution is -2.34. The third kappa shape index (κ3) is 2.88. The molecule has 0 spiro atoms. The molecule has 1 atom stereocenters. The molecule has 0 aromatic rings. The molecule has 0 aromatic carbocycles. The molecule has 0 radical (unpaired) electrons. The first-order valence-electron chi connectivity index (χ1n) is 6.34. The van der Waals surface area contributed by atoms with Gasteiger partial charge in [0, 0.05) is 5.92 Å². The fraction of sp³-hybridized carbons (Fsp3) is 0.917. The summed E-state index contributed by atoms with van der Waals surface area (Å²) in [4.78, 5) is 5.23. The van der Waals surface area contributed by atoms with Crippen molar-refractivity contribution >= 4 is 5.90 Å². The third-order valence-corrected chi connectivity index (χ3v) is 3.36. The lowest BCUT2D eigenvalue weighted by Gasteiger charge is -2.30. The Kier molecular flexibility index (Phi) is 4.04. The van der Waals surface area contributed by atoms with Crippen LogP contribution in [0.4, 0.5) is 0 Å². The molecule has 1 aliphatic heterocycles. The van der Waals surface area contributed by atoms with E-state index >= 15 is 0 Å². The minimum absolute atomic E-state index is 0.132. The Bertz CT molecular complexity index is 247. The van der Waals surface area contributed by atoms with Crippen molar-refractivity contribution in [2.75, 3.05) is 6.61 Å². The maximum Gasteiger partial charge on any atom is 0.229 e. The van der Waals surface area contributed by atoms with E-state index in [0.29, 0.717) is 12.5 Å². The monoisotopic (exact) mass is 227 g/mol. The molecule has 4 nitrogen and oxygen atoms in total. The van der Waals surface area contributed by atoms with Crippen LogP contribution < -0.4 is 0 Å². The molecule has 4 heteroatoms. The molecule has 0 aromatic heterocycles. The number of oxime groups is 1. The van der Waals surface area contributed by atoms with Crippen LogP contribution in [0.3, 0.4) is 0 Å². The molecule has 1 aliphatic carbocycles. The van der Waals surface area contributed by atoms with Crippen LogP contribution in [0.5, 0.6) is 0 Å². The maximum atomic E-state index is 9.45. The van der Waals surface area contributed by atoms with Crippen molar-refractivity contribution in [3.05, 3.63) is 0 Å². The van der Waals surface area contributed by atoms with Crippen LogP contribution in [0.15, 0.2) is 5.16 Å². The van der Waals surface area contributed by atoms with Crippen LogP contribution in [0.2, 0.25) is 0 Å². The number of rotatable bonds is 3. The van der Waals surface area contributed by atoms with Crippen molar-refractivity contribution in [3.8, 4) is 0 Å². The molecule has 92 valence electrons. The van der Waals surface area contributed by atoms with E-state index in [9.17, 15) is 5.11 Å². The first kappa shape index (κ1) is 11.7. The largest absolute Gasteiger partial charge is 0.471 e. The van der Waals surface area contributed by atoms with Crippen LogP contribution in [0, 0.1) is 5.92 Å². The summed E-state index contributed by atoms with van der Waals surface area (Å²) in [5, 5.41) is 13.5. The second-order valence-electron chi connectivity index (χ2n) is 4.76. The molecule has 0 bridgehead atoms. The fourth-order valence-corrected chi connectivity index (χ4v) is 2.37. The van der Waals surface area contributed by atoms with Gasteiger partial charge in [0.2, 0.25) is 5.90 Å². The molecule has 2 aliphatic rings. The van der Waals surface area contributed by atoms with Crippen LogP contribution in [0.25, 0.3) is 0 Å². The summed E-state index contributed by atoms with van der Waals surface area (Å²) in [6.45, 7) is 2.72. The molecule has 0 amide bonds. The highest BCUT2D eigenvalue weighted by Gasteiger charge is 2.29. The molecular weight excluding hydrogens is 206 g/mol. The molecular formula is C12H21NO3. The highest BCUT2D eigenvalue weighted by Crippen LogP contribution is 2.27. The van der Waals surface area contributed by atoms with Crippen LogP contribution in [-0.4, -0.2) is 29.8 Å². The van der Waals surface area contributed by atoms with Gasteiger partial charge in [0.05, 0.1) is 6.10 Å². The van der Waals surface area contributed by atoms with Gasteiger partial charge in [-0.3, -0.25) is 0 Å². The Balaban J connectivity index is 1.86. The number of hydrogen-bond donors (Lipinski definition) is 1. The van der Waals surface area contributed by atoms with Gasteiger partial charge in [0.25, 0.3) is 0 Å². The summed E-state index contributed by atoms with van der Waals surface area (Å²) < 4.78 is 5.84. The van der Waals surface area contributed by atoms with E-state index in [4.69, 9.17) is 9.57 Å². The molecule has 1 fully saturated rings. The Morgan fingerprint density at radius 2 is 2.06 bits per heavy atom. The normalized spacial score (nSPS) is 34.9. The zero-order valence-corrected chi connectivity index (χ0v) is 9.89. The average Bonchev–Trinajstić information content (AvgIpc) is 2.31. The summed E-state index contributed by atoms with van der Waals surface area (Å²) in [7, 11) is 0. The smallest absolute Gasteiger partial charge is 0.229 e. The zero-order valence-electron chi connectivity index (χ0n) is 9.89. The predicted octanol–water partition coefficient (Wildman–Crippen LogP) is 2.07. The number of aliphatic hydroxyl groups is 1. The Labute approximate surface area is 96.6 Å². The average molecular weight is 227 g/mol. The van der Waals surface area contributed by atoms with E-state index in [1.807, 2.05) is 0 Å². The molecule has 1 heterocycles. The Morgan fingerprint density at radius 1 is 1.31 bits per heavy atom. The van der Waals surface area contributed by atoms with Gasteiger partial charge in [-0.05, 0) is 32.1 Å². The topological polar surface area (TPSA) is 51.0 Å². The van der Waals surface area contributed by atoms with Gasteiger partial charge in [-0.25, -0.2) is 0 Å². The molecule has 0 saturated heterocycles. The van der Waals surface area contributed by atoms with Crippen molar-refractivity contribution in [3.63, 3.8) is 0 Å². The summed E-state index contributed by atoms with van der Waals surface area (Å²) in [6.07, 6.45) is 5.79. The SMILES string of the molecule is CCCC1CON=C(C2CCC(O)CC2)O1. The highest BCUT2D eigenvalue weighted by atomic mass is 16.7. The predicted molar refractivity (Wildman–Crippen MR) is 61.1 cm³/mol. The molecule has 1 N–H and O–H groups in total. The van der Waals surface area contributed by atoms with E-state index in [2.05, 4.69) is 12.1 Å². The van der Waals surface area contributed by atoms with Crippen molar-refractivity contribution in [1.29, 1.82) is 0 Å². The number of hydrogen-bond acceptors (Lipinski definition) is 4. The molecule has 1 saturated carbocycles. The van der Waals surface area contributed by atoms with Gasteiger partial charge < -0.3 is 14.7 Å². The van der Waals surface area contributed by atoms with Crippen molar-refractivity contribution in [2.24, 2.45) is 11.1 Å². The lowest BCUT2D eigenvalue weighted by atomic mass is 9.87. The standard InChI is InChI=1S/C12H21NO3/c1-2-3-11-8-15-13-12(16-11)9-4-6-10(14)7-5-9/h9-11,14H,2-8H2,1H3. The second-order valence-corrected chi connectivity index (χ2v) is 4.76. The zero-order chi connectivity index (χ0) is 11.4. The van der Waals surface area contributed by atoms with E-state index < -0.39 is 0 Å². The van der Waals surface area contributed by atoms with Crippen LogP contribution in [-0.2, 0) is 9.57 Å². The molecule has 2 rings (SSSR count). The highest BCUT2D eigenvalue weighted by molar-refractivity contribution is 5.78. The van der Waals surface area contributed by atoms with Gasteiger partial charge in [0.1, 0.15) is 6.10 Å². The van der Waals surface area contributed by atoms with E-state index in [1.54, 1.807) is 0 Å². The molecule has 1 unspecified atom stereocenters. The van der Waals surface area contributed by atoms with Gasteiger partial charge in [-0.15, -0.1) is 0 Å². The van der Waals surface area contributed by atoms with Gasteiger partial charge >= 0.3 is 0 Å². The van der Waals surface area contributed by atoms with Gasteiger partial charge in [-0.1, -0.05) is 18.5 Å². The lowest BCUT2D eigenvalue weighted by molar-refractivity contribution is -0.00489. The van der Waals surface area contributed by atoms with E-state index in [0.717, 1.165) is 44.4 Å². The van der Waals surface area contributed by atoms with Crippen LogP contribution >= 0.6 is 0 Å². The van der Waals surface area contributed by atoms with Gasteiger partial charge in [0.15, 0.2) is 6.61 Å². The third-order valence-electron chi connectivity index (χ3n) is 3.36. The second kappa shape index (κ2) is 5.53. The Morgan fingerprint density at radius 3 is 2.75 bits per heavy atom. The summed E-state index contributed by atoms with van der Waals surface area (Å²) in [6, 6.07) is 0. The fourth-order valence-electron chi connectivity index (χ4n) is 2.37. The molecule has 16 heavy (non-hydrogen) atoms. The number of aliphatic hydroxyl groups excluding tert-OH is 1. The summed E-state index contributed by atoms with van der Waals surface area (Å²) in [5.41, 5.74) is 0. The summed E-state index contributed by atoms with van der Waals surface area (Å²) in [5.74, 6) is 1.11. The summed E-state index contributed by atoms with van der Waals surface area (Å²) >= 11 is 0. The maximum absolute atomic E-state index is 9.45. The number of nitrogens with zero attached hydrogens (tertiary/aromatic N) is 1. The van der Waals surface area contributed by atoms with Crippen molar-refractivity contribution in [2.45, 2.75) is 57.7 Å². The van der Waals surface area contributed by atoms with Crippen molar-refractivity contribution < 1.29 is 14.7 Å². The van der Waals surface area contributed by atoms with Crippen molar-refractivity contribution in [1.82, 2.24) is 0 Å². The van der Waals surface area contributed by atoms with E-state index in [1.165, 1.54) is 0 Å². The van der Waals surface area contributed by atoms with E-state index in [-0.39, 0.29) is 12.2 Å². The van der Waals surface area contributed by atoms with Crippen LogP contribution in [0.1, 0.15) is 45.4 Å². The first-order valence-corrected chi connectivity index (χ1v) is 6.34. The minimum atomic E-state index is -0.132. The minimum Gasteiger partial charge on any atom is -0.471 e.